The summed E-state index contributed by atoms with van der Waals surface area (Å²) in [6, 6.07) is 19.5. The van der Waals surface area contributed by atoms with Crippen LogP contribution in [0, 0.1) is 5.82 Å². The molecule has 4 rings (SSSR count). The van der Waals surface area contributed by atoms with E-state index in [-0.39, 0.29) is 5.82 Å². The number of halogens is 4. The number of anilines is 2. The Bertz CT molecular complexity index is 1240. The van der Waals surface area contributed by atoms with Crippen molar-refractivity contribution < 1.29 is 22.7 Å². The molecule has 2 N–H and O–H groups in total. The summed E-state index contributed by atoms with van der Waals surface area (Å²) in [5, 5.41) is 18.4. The Labute approximate surface area is 194 Å². The van der Waals surface area contributed by atoms with E-state index >= 15 is 0 Å². The number of rotatable bonds is 8. The lowest BCUT2D eigenvalue weighted by atomic mass is 10.0. The third kappa shape index (κ3) is 4.70. The normalized spacial score (nSPS) is 13.6. The molecular weight excluding hydrogens is 448 g/mol. The number of para-hydroxylation sites is 1. The number of likely N-dealkylation sites (N-methyl/N-ethyl adjacent to an activating group) is 1. The highest BCUT2D eigenvalue weighted by molar-refractivity contribution is 5.92. The molecule has 0 radical (unpaired) electrons. The van der Waals surface area contributed by atoms with E-state index in [0.29, 0.717) is 34.5 Å². The molecule has 1 aromatic heterocycles. The zero-order valence-electron chi connectivity index (χ0n) is 18.4. The summed E-state index contributed by atoms with van der Waals surface area (Å²) in [4.78, 5) is 1.49. The van der Waals surface area contributed by atoms with Gasteiger partial charge in [-0.25, -0.2) is 9.07 Å². The largest absolute Gasteiger partial charge is 0.420 e. The standard InChI is InChI=1S/C25H24F4N4O/c1-2-32(19-7-4-3-5-8-19)17-24(34,25(27,28)29)16-30-22-9-6-10-23-21(22)15-31-33(23)20-13-11-18(26)12-14-20/h3-15,30,34H,2,16-17H2,1H3. The van der Waals surface area contributed by atoms with Crippen molar-refractivity contribution >= 4 is 22.3 Å². The average molecular weight is 472 g/mol. The molecule has 1 atom stereocenters. The fourth-order valence-corrected chi connectivity index (χ4v) is 3.82. The van der Waals surface area contributed by atoms with Gasteiger partial charge in [-0.1, -0.05) is 24.3 Å². The van der Waals surface area contributed by atoms with E-state index in [4.69, 9.17) is 0 Å². The van der Waals surface area contributed by atoms with Gasteiger partial charge >= 0.3 is 6.18 Å². The van der Waals surface area contributed by atoms with Crippen LogP contribution in [0.3, 0.4) is 0 Å². The summed E-state index contributed by atoms with van der Waals surface area (Å²) in [6.45, 7) is 0.653. The monoisotopic (exact) mass is 472 g/mol. The van der Waals surface area contributed by atoms with Gasteiger partial charge in [0.15, 0.2) is 5.60 Å². The van der Waals surface area contributed by atoms with E-state index in [0.717, 1.165) is 0 Å². The van der Waals surface area contributed by atoms with E-state index in [2.05, 4.69) is 10.4 Å². The van der Waals surface area contributed by atoms with Gasteiger partial charge in [-0.3, -0.25) is 0 Å². The maximum atomic E-state index is 14.0. The van der Waals surface area contributed by atoms with Gasteiger partial charge in [0.25, 0.3) is 0 Å². The minimum Gasteiger partial charge on any atom is -0.381 e. The Morgan fingerprint density at radius 1 is 0.971 bits per heavy atom. The Balaban J connectivity index is 1.60. The van der Waals surface area contributed by atoms with Crippen LogP contribution in [0.4, 0.5) is 28.9 Å². The number of benzene rings is 3. The van der Waals surface area contributed by atoms with Gasteiger partial charge in [0.1, 0.15) is 5.82 Å². The molecule has 0 aliphatic rings. The van der Waals surface area contributed by atoms with Crippen molar-refractivity contribution in [1.29, 1.82) is 0 Å². The van der Waals surface area contributed by atoms with E-state index in [1.807, 2.05) is 0 Å². The summed E-state index contributed by atoms with van der Waals surface area (Å²) in [7, 11) is 0. The van der Waals surface area contributed by atoms with Gasteiger partial charge in [0, 0.05) is 23.3 Å². The third-order valence-corrected chi connectivity index (χ3v) is 5.74. The first-order valence-corrected chi connectivity index (χ1v) is 10.8. The summed E-state index contributed by atoms with van der Waals surface area (Å²) in [6.07, 6.45) is -3.34. The van der Waals surface area contributed by atoms with Gasteiger partial charge in [-0.05, 0) is 55.5 Å². The second-order valence-corrected chi connectivity index (χ2v) is 8.00. The molecule has 0 saturated heterocycles. The van der Waals surface area contributed by atoms with Crippen molar-refractivity contribution in [1.82, 2.24) is 9.78 Å². The van der Waals surface area contributed by atoms with Gasteiger partial charge in [-0.2, -0.15) is 18.3 Å². The lowest BCUT2D eigenvalue weighted by Gasteiger charge is -2.36. The van der Waals surface area contributed by atoms with E-state index in [1.165, 1.54) is 23.2 Å². The molecule has 34 heavy (non-hydrogen) atoms. The van der Waals surface area contributed by atoms with Gasteiger partial charge in [0.2, 0.25) is 0 Å². The molecule has 9 heteroatoms. The highest BCUT2D eigenvalue weighted by Crippen LogP contribution is 2.34. The van der Waals surface area contributed by atoms with Crippen molar-refractivity contribution in [2.24, 2.45) is 0 Å². The van der Waals surface area contributed by atoms with Crippen molar-refractivity contribution in [2.75, 3.05) is 29.9 Å². The lowest BCUT2D eigenvalue weighted by Crippen LogP contribution is -2.58. The minimum absolute atomic E-state index is 0.294. The van der Waals surface area contributed by atoms with E-state index in [1.54, 1.807) is 72.3 Å². The first-order chi connectivity index (χ1) is 16.2. The quantitative estimate of drug-likeness (QED) is 0.338. The fraction of sp³-hybridized carbons (Fsp3) is 0.240. The molecule has 0 bridgehead atoms. The molecule has 1 heterocycles. The Kier molecular flexibility index (Phi) is 6.47. The van der Waals surface area contributed by atoms with Crippen LogP contribution in [0.5, 0.6) is 0 Å². The SMILES string of the molecule is CCN(CC(O)(CNc1cccc2c1cnn2-c1ccc(F)cc1)C(F)(F)F)c1ccccc1. The maximum absolute atomic E-state index is 14.0. The maximum Gasteiger partial charge on any atom is 0.420 e. The van der Waals surface area contributed by atoms with Crippen LogP contribution in [0.1, 0.15) is 6.92 Å². The van der Waals surface area contributed by atoms with Gasteiger partial charge in [-0.15, -0.1) is 0 Å². The second-order valence-electron chi connectivity index (χ2n) is 8.00. The molecule has 5 nitrogen and oxygen atoms in total. The number of alkyl halides is 3. The number of nitrogens with one attached hydrogen (secondary N) is 1. The molecule has 178 valence electrons. The molecule has 0 aliphatic heterocycles. The minimum atomic E-state index is -4.87. The first-order valence-electron chi connectivity index (χ1n) is 10.8. The van der Waals surface area contributed by atoms with E-state index in [9.17, 15) is 22.7 Å². The topological polar surface area (TPSA) is 53.3 Å². The Hall–Kier alpha value is -3.59. The molecule has 4 aromatic rings. The number of aromatic nitrogens is 2. The van der Waals surface area contributed by atoms with Crippen LogP contribution in [-0.2, 0) is 0 Å². The summed E-state index contributed by atoms with van der Waals surface area (Å²) >= 11 is 0. The molecular formula is C25H24F4N4O. The predicted molar refractivity (Wildman–Crippen MR) is 125 cm³/mol. The van der Waals surface area contributed by atoms with Crippen LogP contribution in [-0.4, -0.2) is 46.3 Å². The molecule has 1 unspecified atom stereocenters. The smallest absolute Gasteiger partial charge is 0.381 e. The molecule has 0 fully saturated rings. The molecule has 0 saturated carbocycles. The number of hydrogen-bond acceptors (Lipinski definition) is 4. The highest BCUT2D eigenvalue weighted by atomic mass is 19.4. The van der Waals surface area contributed by atoms with Crippen molar-refractivity contribution in [3.8, 4) is 5.69 Å². The van der Waals surface area contributed by atoms with Gasteiger partial charge in [0.05, 0.1) is 30.5 Å². The van der Waals surface area contributed by atoms with Crippen LogP contribution in [0.2, 0.25) is 0 Å². The molecule has 0 aliphatic carbocycles. The summed E-state index contributed by atoms with van der Waals surface area (Å²) in [5.41, 5.74) is -0.770. The molecule has 3 aromatic carbocycles. The van der Waals surface area contributed by atoms with Crippen molar-refractivity contribution in [2.45, 2.75) is 18.7 Å². The summed E-state index contributed by atoms with van der Waals surface area (Å²) in [5.74, 6) is -0.384. The second kappa shape index (κ2) is 9.34. The predicted octanol–water partition coefficient (Wildman–Crippen LogP) is 5.40. The van der Waals surface area contributed by atoms with Crippen molar-refractivity contribution in [3.05, 3.63) is 84.8 Å². The number of hydrogen-bond donors (Lipinski definition) is 2. The van der Waals surface area contributed by atoms with E-state index < -0.39 is 24.9 Å². The number of aliphatic hydroxyl groups is 1. The molecule has 0 amide bonds. The Morgan fingerprint density at radius 2 is 1.68 bits per heavy atom. The average Bonchev–Trinajstić information content (AvgIpc) is 3.26. The van der Waals surface area contributed by atoms with Crippen LogP contribution in [0.15, 0.2) is 79.0 Å². The Morgan fingerprint density at radius 3 is 2.32 bits per heavy atom. The lowest BCUT2D eigenvalue weighted by molar-refractivity contribution is -0.250. The zero-order chi connectivity index (χ0) is 24.3. The first kappa shape index (κ1) is 23.6. The highest BCUT2D eigenvalue weighted by Gasteiger charge is 2.54. The molecule has 0 spiro atoms. The van der Waals surface area contributed by atoms with Gasteiger partial charge < -0.3 is 15.3 Å². The number of nitrogens with zero attached hydrogens (tertiary/aromatic N) is 3. The number of fused-ring (bicyclic) bond motifs is 1. The fourth-order valence-electron chi connectivity index (χ4n) is 3.82. The zero-order valence-corrected chi connectivity index (χ0v) is 18.4. The van der Waals surface area contributed by atoms with Crippen molar-refractivity contribution in [3.63, 3.8) is 0 Å². The van der Waals surface area contributed by atoms with Crippen LogP contribution >= 0.6 is 0 Å². The third-order valence-electron chi connectivity index (χ3n) is 5.74. The van der Waals surface area contributed by atoms with Crippen LogP contribution < -0.4 is 10.2 Å². The van der Waals surface area contributed by atoms with Crippen LogP contribution in [0.25, 0.3) is 16.6 Å². The summed E-state index contributed by atoms with van der Waals surface area (Å²) < 4.78 is 56.9.